The maximum Gasteiger partial charge on any atom is 0.270 e. The molecule has 0 aliphatic heterocycles. The number of phenols is 1. The molecular weight excluding hydrogens is 308 g/mol. The summed E-state index contributed by atoms with van der Waals surface area (Å²) in [5.74, 6) is -0.216. The first-order valence-corrected chi connectivity index (χ1v) is 7.08. The third kappa shape index (κ3) is 2.72. The number of nitro benzene ring substituents is 1. The van der Waals surface area contributed by atoms with Crippen LogP contribution in [0.4, 0.5) is 5.69 Å². The van der Waals surface area contributed by atoms with Crippen molar-refractivity contribution in [2.75, 3.05) is 0 Å². The van der Waals surface area contributed by atoms with Crippen LogP contribution in [0.3, 0.4) is 0 Å². The second-order valence-corrected chi connectivity index (χ2v) is 5.09. The number of rotatable bonds is 4. The molecule has 0 saturated heterocycles. The molecule has 0 saturated carbocycles. The summed E-state index contributed by atoms with van der Waals surface area (Å²) in [6.45, 7) is 0. The van der Waals surface area contributed by atoms with Crippen molar-refractivity contribution in [1.82, 2.24) is 4.98 Å². The highest BCUT2D eigenvalue weighted by Crippen LogP contribution is 2.41. The van der Waals surface area contributed by atoms with Gasteiger partial charge < -0.3 is 5.11 Å². The molecule has 6 heteroatoms. The number of hydrogen-bond donors (Lipinski definition) is 1. The zero-order chi connectivity index (χ0) is 17.1. The SMILES string of the molecule is O=Cc1ccc(-c2cccnc2)c(-c2cccc([N+](=O)[O-])c2)c1O. The maximum atomic E-state index is 11.2. The summed E-state index contributed by atoms with van der Waals surface area (Å²) in [7, 11) is 0. The molecule has 1 heterocycles. The normalized spacial score (nSPS) is 10.3. The number of carbonyl (C=O) groups excluding carboxylic acids is 1. The monoisotopic (exact) mass is 320 g/mol. The number of hydrogen-bond acceptors (Lipinski definition) is 5. The number of nitrogens with zero attached hydrogens (tertiary/aromatic N) is 2. The number of aromatic hydroxyl groups is 1. The molecule has 0 spiro atoms. The molecule has 0 aliphatic rings. The van der Waals surface area contributed by atoms with Crippen LogP contribution >= 0.6 is 0 Å². The van der Waals surface area contributed by atoms with Gasteiger partial charge in [-0.3, -0.25) is 19.9 Å². The summed E-state index contributed by atoms with van der Waals surface area (Å²) >= 11 is 0. The fourth-order valence-electron chi connectivity index (χ4n) is 2.53. The van der Waals surface area contributed by atoms with Gasteiger partial charge in [0.25, 0.3) is 5.69 Å². The number of phenolic OH excluding ortho intramolecular Hbond substituents is 1. The van der Waals surface area contributed by atoms with Crippen molar-refractivity contribution in [3.63, 3.8) is 0 Å². The van der Waals surface area contributed by atoms with E-state index in [0.717, 1.165) is 5.56 Å². The van der Waals surface area contributed by atoms with E-state index >= 15 is 0 Å². The fraction of sp³-hybridized carbons (Fsp3) is 0. The number of aromatic nitrogens is 1. The highest BCUT2D eigenvalue weighted by Gasteiger charge is 2.18. The van der Waals surface area contributed by atoms with Gasteiger partial charge in [-0.1, -0.05) is 24.3 Å². The van der Waals surface area contributed by atoms with Gasteiger partial charge in [0, 0.05) is 35.7 Å². The van der Waals surface area contributed by atoms with Gasteiger partial charge in [-0.25, -0.2) is 0 Å². The van der Waals surface area contributed by atoms with Crippen molar-refractivity contribution >= 4 is 12.0 Å². The Kier molecular flexibility index (Phi) is 4.03. The van der Waals surface area contributed by atoms with Crippen molar-refractivity contribution in [2.45, 2.75) is 0 Å². The molecule has 0 atom stereocenters. The van der Waals surface area contributed by atoms with E-state index in [2.05, 4.69) is 4.98 Å². The van der Waals surface area contributed by atoms with Crippen LogP contribution in [0.25, 0.3) is 22.3 Å². The van der Waals surface area contributed by atoms with E-state index in [1.54, 1.807) is 30.6 Å². The van der Waals surface area contributed by atoms with Crippen molar-refractivity contribution in [3.05, 3.63) is 76.6 Å². The summed E-state index contributed by atoms with van der Waals surface area (Å²) in [5.41, 5.74) is 2.18. The predicted molar refractivity (Wildman–Crippen MR) is 88.8 cm³/mol. The molecular formula is C18H12N2O4. The second-order valence-electron chi connectivity index (χ2n) is 5.09. The van der Waals surface area contributed by atoms with E-state index in [1.165, 1.54) is 24.3 Å². The standard InChI is InChI=1S/C18H12N2O4/c21-11-14-6-7-16(13-4-2-8-19-10-13)17(18(14)22)12-3-1-5-15(9-12)20(23)24/h1-11,22H. The first-order chi connectivity index (χ1) is 11.6. The average molecular weight is 320 g/mol. The number of aldehydes is 1. The quantitative estimate of drug-likeness (QED) is 0.448. The van der Waals surface area contributed by atoms with E-state index < -0.39 is 4.92 Å². The third-order valence-corrected chi connectivity index (χ3v) is 3.65. The van der Waals surface area contributed by atoms with Crippen molar-refractivity contribution in [3.8, 4) is 28.0 Å². The van der Waals surface area contributed by atoms with E-state index in [4.69, 9.17) is 0 Å². The molecule has 24 heavy (non-hydrogen) atoms. The molecule has 0 unspecified atom stereocenters. The van der Waals surface area contributed by atoms with Crippen molar-refractivity contribution < 1.29 is 14.8 Å². The Morgan fingerprint density at radius 3 is 2.54 bits per heavy atom. The van der Waals surface area contributed by atoms with Crippen LogP contribution in [-0.4, -0.2) is 21.3 Å². The Morgan fingerprint density at radius 2 is 1.88 bits per heavy atom. The van der Waals surface area contributed by atoms with Crippen LogP contribution in [-0.2, 0) is 0 Å². The molecule has 118 valence electrons. The number of non-ortho nitro benzene ring substituents is 1. The number of pyridine rings is 1. The zero-order valence-corrected chi connectivity index (χ0v) is 12.4. The minimum atomic E-state index is -0.506. The van der Waals surface area contributed by atoms with Crippen LogP contribution in [0, 0.1) is 10.1 Å². The second kappa shape index (κ2) is 6.29. The first-order valence-electron chi connectivity index (χ1n) is 7.08. The lowest BCUT2D eigenvalue weighted by Crippen LogP contribution is -1.93. The van der Waals surface area contributed by atoms with E-state index in [-0.39, 0.29) is 17.0 Å². The lowest BCUT2D eigenvalue weighted by Gasteiger charge is -2.13. The summed E-state index contributed by atoms with van der Waals surface area (Å²) in [5, 5.41) is 21.5. The molecule has 0 radical (unpaired) electrons. The molecule has 0 amide bonds. The van der Waals surface area contributed by atoms with E-state index in [0.29, 0.717) is 23.0 Å². The number of nitro groups is 1. The Labute approximate surface area is 137 Å². The van der Waals surface area contributed by atoms with Crippen LogP contribution in [0.15, 0.2) is 60.9 Å². The van der Waals surface area contributed by atoms with Gasteiger partial charge in [0.05, 0.1) is 10.5 Å². The lowest BCUT2D eigenvalue weighted by molar-refractivity contribution is -0.384. The summed E-state index contributed by atoms with van der Waals surface area (Å²) < 4.78 is 0. The molecule has 2 aromatic carbocycles. The Hall–Kier alpha value is -3.54. The Balaban J connectivity index is 2.31. The molecule has 3 aromatic rings. The smallest absolute Gasteiger partial charge is 0.270 e. The zero-order valence-electron chi connectivity index (χ0n) is 12.4. The molecule has 3 rings (SSSR count). The average Bonchev–Trinajstić information content (AvgIpc) is 2.62. The molecule has 0 bridgehead atoms. The van der Waals surface area contributed by atoms with Crippen LogP contribution < -0.4 is 0 Å². The summed E-state index contributed by atoms with van der Waals surface area (Å²) in [6, 6.07) is 12.7. The van der Waals surface area contributed by atoms with Gasteiger partial charge in [-0.05, 0) is 23.3 Å². The summed E-state index contributed by atoms with van der Waals surface area (Å²) in [4.78, 5) is 25.7. The number of benzene rings is 2. The van der Waals surface area contributed by atoms with Crippen LogP contribution in [0.1, 0.15) is 10.4 Å². The first kappa shape index (κ1) is 15.4. The largest absolute Gasteiger partial charge is 0.507 e. The van der Waals surface area contributed by atoms with Gasteiger partial charge >= 0.3 is 0 Å². The maximum absolute atomic E-state index is 11.2. The third-order valence-electron chi connectivity index (χ3n) is 3.65. The predicted octanol–water partition coefficient (Wildman–Crippen LogP) is 3.84. The van der Waals surface area contributed by atoms with E-state index in [9.17, 15) is 20.0 Å². The highest BCUT2D eigenvalue weighted by molar-refractivity contribution is 5.94. The topological polar surface area (TPSA) is 93.3 Å². The Bertz CT molecular complexity index is 924. The van der Waals surface area contributed by atoms with E-state index in [1.807, 2.05) is 6.07 Å². The van der Waals surface area contributed by atoms with Crippen LogP contribution in [0.2, 0.25) is 0 Å². The van der Waals surface area contributed by atoms with Gasteiger partial charge in [-0.15, -0.1) is 0 Å². The molecule has 1 N–H and O–H groups in total. The molecule has 6 nitrogen and oxygen atoms in total. The Morgan fingerprint density at radius 1 is 1.08 bits per heavy atom. The molecule has 0 fully saturated rings. The van der Waals surface area contributed by atoms with Gasteiger partial charge in [0.15, 0.2) is 6.29 Å². The van der Waals surface area contributed by atoms with Gasteiger partial charge in [0.2, 0.25) is 0 Å². The van der Waals surface area contributed by atoms with Gasteiger partial charge in [-0.2, -0.15) is 0 Å². The van der Waals surface area contributed by atoms with Crippen molar-refractivity contribution in [2.24, 2.45) is 0 Å². The van der Waals surface area contributed by atoms with Crippen LogP contribution in [0.5, 0.6) is 5.75 Å². The molecule has 1 aromatic heterocycles. The fourth-order valence-corrected chi connectivity index (χ4v) is 2.53. The number of carbonyl (C=O) groups is 1. The minimum Gasteiger partial charge on any atom is -0.507 e. The van der Waals surface area contributed by atoms with Gasteiger partial charge in [0.1, 0.15) is 5.75 Å². The summed E-state index contributed by atoms with van der Waals surface area (Å²) in [6.07, 6.45) is 3.79. The minimum absolute atomic E-state index is 0.0967. The van der Waals surface area contributed by atoms with Crippen molar-refractivity contribution in [1.29, 1.82) is 0 Å². The molecule has 0 aliphatic carbocycles. The lowest BCUT2D eigenvalue weighted by atomic mass is 9.92. The highest BCUT2D eigenvalue weighted by atomic mass is 16.6.